The van der Waals surface area contributed by atoms with Gasteiger partial charge in [-0.05, 0) is 12.5 Å². The van der Waals surface area contributed by atoms with Gasteiger partial charge >= 0.3 is 0 Å². The van der Waals surface area contributed by atoms with Gasteiger partial charge < -0.3 is 15.5 Å². The number of nitro benzene ring substituents is 1. The standard InChI is InChI=1S/C18H27N5O4/c1-2-8-20-17(24)14-21-10-12-22(13-11-21)18(25)7-9-19-15-5-3-4-6-16(15)23(26)27/h3-6,19H,2,7-14H2,1H3,(H,20,24). The summed E-state index contributed by atoms with van der Waals surface area (Å²) in [6, 6.07) is 6.38. The summed E-state index contributed by atoms with van der Waals surface area (Å²) in [5.74, 6) is 0.0291. The van der Waals surface area contributed by atoms with Gasteiger partial charge in [0.05, 0.1) is 11.5 Å². The van der Waals surface area contributed by atoms with Crippen LogP contribution in [0.5, 0.6) is 0 Å². The van der Waals surface area contributed by atoms with Crippen LogP contribution in [-0.4, -0.2) is 72.4 Å². The molecule has 0 radical (unpaired) electrons. The van der Waals surface area contributed by atoms with E-state index in [4.69, 9.17) is 0 Å². The number of amides is 2. The Morgan fingerprint density at radius 3 is 2.52 bits per heavy atom. The minimum atomic E-state index is -0.444. The molecule has 9 nitrogen and oxygen atoms in total. The lowest BCUT2D eigenvalue weighted by Crippen LogP contribution is -2.51. The molecule has 1 aliphatic rings. The van der Waals surface area contributed by atoms with Crippen molar-refractivity contribution in [3.8, 4) is 0 Å². The summed E-state index contributed by atoms with van der Waals surface area (Å²) in [4.78, 5) is 38.4. The third-order valence-corrected chi connectivity index (χ3v) is 4.42. The van der Waals surface area contributed by atoms with Crippen molar-refractivity contribution in [2.45, 2.75) is 19.8 Å². The molecule has 1 aliphatic heterocycles. The van der Waals surface area contributed by atoms with E-state index in [-0.39, 0.29) is 23.9 Å². The molecule has 0 spiro atoms. The van der Waals surface area contributed by atoms with Gasteiger partial charge in [-0.15, -0.1) is 0 Å². The predicted molar refractivity (Wildman–Crippen MR) is 103 cm³/mol. The molecule has 9 heteroatoms. The highest BCUT2D eigenvalue weighted by Gasteiger charge is 2.22. The first-order valence-electron chi connectivity index (χ1n) is 9.25. The molecule has 1 aromatic rings. The normalized spacial score (nSPS) is 14.6. The van der Waals surface area contributed by atoms with E-state index in [0.717, 1.165) is 6.42 Å². The Labute approximate surface area is 158 Å². The van der Waals surface area contributed by atoms with E-state index >= 15 is 0 Å². The Kier molecular flexibility index (Phi) is 8.00. The number of nitrogens with zero attached hydrogens (tertiary/aromatic N) is 3. The van der Waals surface area contributed by atoms with Gasteiger partial charge in [0.15, 0.2) is 0 Å². The van der Waals surface area contributed by atoms with Crippen LogP contribution >= 0.6 is 0 Å². The Morgan fingerprint density at radius 2 is 1.85 bits per heavy atom. The smallest absolute Gasteiger partial charge is 0.292 e. The van der Waals surface area contributed by atoms with Crippen LogP contribution in [0.1, 0.15) is 19.8 Å². The number of carbonyl (C=O) groups is 2. The van der Waals surface area contributed by atoms with Gasteiger partial charge in [0.2, 0.25) is 11.8 Å². The maximum Gasteiger partial charge on any atom is 0.292 e. The molecule has 0 atom stereocenters. The summed E-state index contributed by atoms with van der Waals surface area (Å²) < 4.78 is 0. The first-order chi connectivity index (χ1) is 13.0. The van der Waals surface area contributed by atoms with Crippen molar-refractivity contribution in [2.24, 2.45) is 0 Å². The van der Waals surface area contributed by atoms with Crippen molar-refractivity contribution in [3.05, 3.63) is 34.4 Å². The van der Waals surface area contributed by atoms with Crippen LogP contribution in [-0.2, 0) is 9.59 Å². The second-order valence-corrected chi connectivity index (χ2v) is 6.46. The Hall–Kier alpha value is -2.68. The van der Waals surface area contributed by atoms with E-state index in [2.05, 4.69) is 10.6 Å². The number of nitrogens with one attached hydrogen (secondary N) is 2. The lowest BCUT2D eigenvalue weighted by Gasteiger charge is -2.34. The minimum absolute atomic E-state index is 0.0000806. The van der Waals surface area contributed by atoms with E-state index in [0.29, 0.717) is 51.5 Å². The van der Waals surface area contributed by atoms with E-state index in [9.17, 15) is 19.7 Å². The molecule has 148 valence electrons. The van der Waals surface area contributed by atoms with Crippen LogP contribution in [0, 0.1) is 10.1 Å². The molecule has 0 aromatic heterocycles. The molecule has 1 aromatic carbocycles. The van der Waals surface area contributed by atoms with Crippen molar-refractivity contribution >= 4 is 23.2 Å². The van der Waals surface area contributed by atoms with Gasteiger partial charge in [-0.3, -0.25) is 24.6 Å². The molecule has 2 rings (SSSR count). The maximum atomic E-state index is 12.3. The highest BCUT2D eigenvalue weighted by molar-refractivity contribution is 5.78. The van der Waals surface area contributed by atoms with E-state index in [1.165, 1.54) is 6.07 Å². The Balaban J connectivity index is 1.71. The van der Waals surface area contributed by atoms with Crippen molar-refractivity contribution in [3.63, 3.8) is 0 Å². The number of benzene rings is 1. The summed E-state index contributed by atoms with van der Waals surface area (Å²) in [7, 11) is 0. The zero-order chi connectivity index (χ0) is 19.6. The van der Waals surface area contributed by atoms with E-state index in [1.54, 1.807) is 23.1 Å². The van der Waals surface area contributed by atoms with Crippen molar-refractivity contribution in [1.29, 1.82) is 0 Å². The second-order valence-electron chi connectivity index (χ2n) is 6.46. The monoisotopic (exact) mass is 377 g/mol. The average molecular weight is 377 g/mol. The Bertz CT molecular complexity index is 659. The number of rotatable bonds is 9. The number of piperazine rings is 1. The molecule has 1 fully saturated rings. The molecule has 27 heavy (non-hydrogen) atoms. The molecule has 2 N–H and O–H groups in total. The predicted octanol–water partition coefficient (Wildman–Crippen LogP) is 1.07. The van der Waals surface area contributed by atoms with Crippen LogP contribution in [0.15, 0.2) is 24.3 Å². The summed E-state index contributed by atoms with van der Waals surface area (Å²) in [5.41, 5.74) is 0.415. The van der Waals surface area contributed by atoms with Crippen molar-refractivity contribution in [2.75, 3.05) is 51.1 Å². The van der Waals surface area contributed by atoms with E-state index in [1.807, 2.05) is 11.8 Å². The number of para-hydroxylation sites is 2. The SMILES string of the molecule is CCCNC(=O)CN1CCN(C(=O)CCNc2ccccc2[N+](=O)[O-])CC1. The van der Waals surface area contributed by atoms with Crippen molar-refractivity contribution in [1.82, 2.24) is 15.1 Å². The summed E-state index contributed by atoms with van der Waals surface area (Å²) in [5, 5.41) is 16.8. The fraction of sp³-hybridized carbons (Fsp3) is 0.556. The number of anilines is 1. The van der Waals surface area contributed by atoms with Crippen LogP contribution < -0.4 is 10.6 Å². The zero-order valence-electron chi connectivity index (χ0n) is 15.6. The minimum Gasteiger partial charge on any atom is -0.379 e. The van der Waals surface area contributed by atoms with Gasteiger partial charge in [-0.25, -0.2) is 0 Å². The van der Waals surface area contributed by atoms with E-state index < -0.39 is 4.92 Å². The first-order valence-corrected chi connectivity index (χ1v) is 9.25. The van der Waals surface area contributed by atoms with Gasteiger partial charge in [0.25, 0.3) is 5.69 Å². The van der Waals surface area contributed by atoms with Gasteiger partial charge in [-0.2, -0.15) is 0 Å². The number of hydrogen-bond acceptors (Lipinski definition) is 6. The molecule has 0 unspecified atom stereocenters. The topological polar surface area (TPSA) is 108 Å². The Morgan fingerprint density at radius 1 is 1.15 bits per heavy atom. The number of carbonyl (C=O) groups excluding carboxylic acids is 2. The first kappa shape index (κ1) is 20.6. The highest BCUT2D eigenvalue weighted by Crippen LogP contribution is 2.22. The molecular weight excluding hydrogens is 350 g/mol. The maximum absolute atomic E-state index is 12.3. The number of hydrogen-bond donors (Lipinski definition) is 2. The molecule has 2 amide bonds. The molecule has 1 heterocycles. The molecular formula is C18H27N5O4. The summed E-state index contributed by atoms with van der Waals surface area (Å²) in [6.07, 6.45) is 1.18. The largest absolute Gasteiger partial charge is 0.379 e. The molecule has 1 saturated heterocycles. The fourth-order valence-electron chi connectivity index (χ4n) is 2.92. The average Bonchev–Trinajstić information content (AvgIpc) is 2.67. The summed E-state index contributed by atoms with van der Waals surface area (Å²) >= 11 is 0. The van der Waals surface area contributed by atoms with Crippen LogP contribution in [0.2, 0.25) is 0 Å². The molecule has 0 aliphatic carbocycles. The summed E-state index contributed by atoms with van der Waals surface area (Å²) in [6.45, 7) is 5.91. The third-order valence-electron chi connectivity index (χ3n) is 4.42. The zero-order valence-corrected chi connectivity index (χ0v) is 15.6. The second kappa shape index (κ2) is 10.5. The van der Waals surface area contributed by atoms with Crippen LogP contribution in [0.25, 0.3) is 0 Å². The van der Waals surface area contributed by atoms with Crippen LogP contribution in [0.3, 0.4) is 0 Å². The lowest BCUT2D eigenvalue weighted by atomic mass is 10.2. The van der Waals surface area contributed by atoms with Crippen molar-refractivity contribution < 1.29 is 14.5 Å². The third kappa shape index (κ3) is 6.52. The van der Waals surface area contributed by atoms with Crippen LogP contribution in [0.4, 0.5) is 11.4 Å². The molecule has 0 saturated carbocycles. The molecule has 0 bridgehead atoms. The highest BCUT2D eigenvalue weighted by atomic mass is 16.6. The number of nitro groups is 1. The quantitative estimate of drug-likeness (QED) is 0.492. The van der Waals surface area contributed by atoms with Gasteiger partial charge in [0.1, 0.15) is 5.69 Å². The fourth-order valence-corrected chi connectivity index (χ4v) is 2.92. The lowest BCUT2D eigenvalue weighted by molar-refractivity contribution is -0.384. The van der Waals surface area contributed by atoms with Gasteiger partial charge in [0, 0.05) is 51.8 Å². The van der Waals surface area contributed by atoms with Gasteiger partial charge in [-0.1, -0.05) is 19.1 Å².